The minimum absolute atomic E-state index is 0.0741. The van der Waals surface area contributed by atoms with Crippen molar-refractivity contribution in [2.45, 2.75) is 52.0 Å². The Kier molecular flexibility index (Phi) is 3.88. The third-order valence-corrected chi connectivity index (χ3v) is 5.63. The molecule has 1 heterocycles. The molecule has 1 aromatic heterocycles. The van der Waals surface area contributed by atoms with Crippen molar-refractivity contribution < 1.29 is 0 Å². The number of hydrogen-bond donors (Lipinski definition) is 1. The van der Waals surface area contributed by atoms with Gasteiger partial charge in [0, 0.05) is 19.0 Å². The molecule has 0 saturated heterocycles. The van der Waals surface area contributed by atoms with Gasteiger partial charge < -0.3 is 5.73 Å². The lowest BCUT2D eigenvalue weighted by Gasteiger charge is -2.42. The van der Waals surface area contributed by atoms with E-state index >= 15 is 0 Å². The van der Waals surface area contributed by atoms with Gasteiger partial charge in [-0.05, 0) is 54.0 Å². The molecular formula is C14H24BrN3. The lowest BCUT2D eigenvalue weighted by molar-refractivity contribution is 0.161. The lowest BCUT2D eigenvalue weighted by atomic mass is 9.68. The molecule has 1 aromatic rings. The van der Waals surface area contributed by atoms with E-state index in [1.165, 1.54) is 18.5 Å². The molecule has 1 saturated carbocycles. The van der Waals surface area contributed by atoms with E-state index in [0.29, 0.717) is 5.92 Å². The van der Waals surface area contributed by atoms with Gasteiger partial charge in [-0.3, -0.25) is 4.68 Å². The highest BCUT2D eigenvalue weighted by Crippen LogP contribution is 2.38. The van der Waals surface area contributed by atoms with Gasteiger partial charge in [-0.15, -0.1) is 0 Å². The number of nitrogens with zero attached hydrogens (tertiary/aromatic N) is 2. The number of aryl methyl sites for hydroxylation is 2. The summed E-state index contributed by atoms with van der Waals surface area (Å²) in [5, 5.41) is 4.46. The number of nitrogens with two attached hydrogens (primary N) is 1. The number of rotatable bonds is 2. The van der Waals surface area contributed by atoms with Gasteiger partial charge in [-0.1, -0.05) is 13.8 Å². The van der Waals surface area contributed by atoms with Gasteiger partial charge in [-0.25, -0.2) is 0 Å². The molecule has 0 spiro atoms. The summed E-state index contributed by atoms with van der Waals surface area (Å²) < 4.78 is 3.10. The van der Waals surface area contributed by atoms with Crippen molar-refractivity contribution in [1.29, 1.82) is 0 Å². The summed E-state index contributed by atoms with van der Waals surface area (Å²) in [7, 11) is 2.01. The smallest absolute Gasteiger partial charge is 0.0738 e. The molecule has 3 atom stereocenters. The summed E-state index contributed by atoms with van der Waals surface area (Å²) in [5.74, 6) is 1.39. The fourth-order valence-electron chi connectivity index (χ4n) is 3.16. The van der Waals surface area contributed by atoms with Crippen molar-refractivity contribution in [2.24, 2.45) is 24.6 Å². The van der Waals surface area contributed by atoms with Gasteiger partial charge in [0.1, 0.15) is 0 Å². The minimum Gasteiger partial charge on any atom is -0.325 e. The molecule has 0 amide bonds. The zero-order valence-electron chi connectivity index (χ0n) is 11.8. The van der Waals surface area contributed by atoms with Crippen LogP contribution in [0.3, 0.4) is 0 Å². The van der Waals surface area contributed by atoms with Crippen molar-refractivity contribution >= 4 is 15.9 Å². The van der Waals surface area contributed by atoms with Crippen LogP contribution in [0.5, 0.6) is 0 Å². The van der Waals surface area contributed by atoms with E-state index in [9.17, 15) is 0 Å². The molecule has 102 valence electrons. The average molecular weight is 314 g/mol. The van der Waals surface area contributed by atoms with E-state index < -0.39 is 0 Å². The summed E-state index contributed by atoms with van der Waals surface area (Å²) in [6, 6.07) is 0. The Morgan fingerprint density at radius 2 is 2.17 bits per heavy atom. The van der Waals surface area contributed by atoms with Crippen molar-refractivity contribution in [3.05, 3.63) is 15.9 Å². The first-order valence-corrected chi connectivity index (χ1v) is 7.59. The maximum Gasteiger partial charge on any atom is 0.0738 e. The molecule has 1 aliphatic carbocycles. The average Bonchev–Trinajstić information content (AvgIpc) is 2.52. The molecule has 0 aromatic carbocycles. The van der Waals surface area contributed by atoms with Crippen LogP contribution in [0.15, 0.2) is 4.47 Å². The molecule has 1 fully saturated rings. The quantitative estimate of drug-likeness (QED) is 0.911. The Hall–Kier alpha value is -0.350. The van der Waals surface area contributed by atoms with Crippen LogP contribution in [0.25, 0.3) is 0 Å². The first-order chi connectivity index (χ1) is 8.33. The van der Waals surface area contributed by atoms with Crippen molar-refractivity contribution in [1.82, 2.24) is 9.78 Å². The second-order valence-electron chi connectivity index (χ2n) is 6.16. The Labute approximate surface area is 118 Å². The number of halogens is 1. The third-order valence-electron chi connectivity index (χ3n) is 4.60. The zero-order chi connectivity index (χ0) is 13.5. The first-order valence-electron chi connectivity index (χ1n) is 6.80. The fraction of sp³-hybridized carbons (Fsp3) is 0.786. The van der Waals surface area contributed by atoms with Crippen LogP contribution in [0.2, 0.25) is 0 Å². The van der Waals surface area contributed by atoms with Gasteiger partial charge in [0.15, 0.2) is 0 Å². The summed E-state index contributed by atoms with van der Waals surface area (Å²) >= 11 is 3.64. The Morgan fingerprint density at radius 1 is 1.50 bits per heavy atom. The topological polar surface area (TPSA) is 43.8 Å². The molecule has 0 radical (unpaired) electrons. The van der Waals surface area contributed by atoms with Gasteiger partial charge in [0.2, 0.25) is 0 Å². The summed E-state index contributed by atoms with van der Waals surface area (Å²) in [6.45, 7) is 6.66. The summed E-state index contributed by atoms with van der Waals surface area (Å²) in [6.07, 6.45) is 4.52. The number of hydrogen-bond acceptors (Lipinski definition) is 2. The zero-order valence-corrected chi connectivity index (χ0v) is 13.4. The molecule has 2 rings (SSSR count). The maximum absolute atomic E-state index is 6.68. The molecule has 0 bridgehead atoms. The Morgan fingerprint density at radius 3 is 2.67 bits per heavy atom. The van der Waals surface area contributed by atoms with Crippen molar-refractivity contribution in [3.8, 4) is 0 Å². The molecule has 3 unspecified atom stereocenters. The van der Waals surface area contributed by atoms with Gasteiger partial charge >= 0.3 is 0 Å². The van der Waals surface area contributed by atoms with Crippen LogP contribution < -0.4 is 5.73 Å². The van der Waals surface area contributed by atoms with Gasteiger partial charge in [0.05, 0.1) is 15.9 Å². The van der Waals surface area contributed by atoms with Crippen LogP contribution in [-0.4, -0.2) is 15.3 Å². The number of aromatic nitrogens is 2. The highest BCUT2D eigenvalue weighted by Gasteiger charge is 2.38. The van der Waals surface area contributed by atoms with Crippen LogP contribution in [0, 0.1) is 18.8 Å². The SMILES string of the molecule is Cc1nn(C)c(CC2(N)CCC(C)CC2C)c1Br. The van der Waals surface area contributed by atoms with E-state index in [1.807, 2.05) is 18.7 Å². The Bertz CT molecular complexity index is 440. The van der Waals surface area contributed by atoms with E-state index in [-0.39, 0.29) is 5.54 Å². The molecular weight excluding hydrogens is 290 g/mol. The highest BCUT2D eigenvalue weighted by molar-refractivity contribution is 9.10. The Balaban J connectivity index is 2.22. The highest BCUT2D eigenvalue weighted by atomic mass is 79.9. The lowest BCUT2D eigenvalue weighted by Crippen LogP contribution is -2.51. The minimum atomic E-state index is -0.0741. The normalized spacial score (nSPS) is 32.8. The standard InChI is InChI=1S/C14H24BrN3/c1-9-5-6-14(16,10(2)7-9)8-12-13(15)11(3)17-18(12)4/h9-10H,5-8,16H2,1-4H3. The van der Waals surface area contributed by atoms with Crippen LogP contribution in [-0.2, 0) is 13.5 Å². The molecule has 2 N–H and O–H groups in total. The molecule has 0 aliphatic heterocycles. The molecule has 18 heavy (non-hydrogen) atoms. The predicted octanol–water partition coefficient (Wildman–Crippen LogP) is 3.19. The van der Waals surface area contributed by atoms with Crippen molar-refractivity contribution in [3.63, 3.8) is 0 Å². The monoisotopic (exact) mass is 313 g/mol. The second-order valence-corrected chi connectivity index (χ2v) is 6.95. The van der Waals surface area contributed by atoms with Crippen molar-refractivity contribution in [2.75, 3.05) is 0 Å². The van der Waals surface area contributed by atoms with Crippen LogP contribution in [0.1, 0.15) is 44.5 Å². The molecule has 1 aliphatic rings. The third kappa shape index (κ3) is 2.50. The van der Waals surface area contributed by atoms with E-state index in [0.717, 1.165) is 28.9 Å². The first kappa shape index (κ1) is 14.1. The fourth-order valence-corrected chi connectivity index (χ4v) is 3.64. The molecule has 4 heteroatoms. The van der Waals surface area contributed by atoms with Crippen LogP contribution >= 0.6 is 15.9 Å². The molecule has 3 nitrogen and oxygen atoms in total. The van der Waals surface area contributed by atoms with E-state index in [1.54, 1.807) is 0 Å². The largest absolute Gasteiger partial charge is 0.325 e. The van der Waals surface area contributed by atoms with E-state index in [2.05, 4.69) is 34.9 Å². The summed E-state index contributed by atoms with van der Waals surface area (Å²) in [5.41, 5.74) is 8.89. The van der Waals surface area contributed by atoms with E-state index in [4.69, 9.17) is 5.73 Å². The summed E-state index contributed by atoms with van der Waals surface area (Å²) in [4.78, 5) is 0. The second kappa shape index (κ2) is 4.97. The van der Waals surface area contributed by atoms with Gasteiger partial charge in [0.25, 0.3) is 0 Å². The van der Waals surface area contributed by atoms with Crippen LogP contribution in [0.4, 0.5) is 0 Å². The maximum atomic E-state index is 6.68. The predicted molar refractivity (Wildman–Crippen MR) is 78.4 cm³/mol. The van der Waals surface area contributed by atoms with Gasteiger partial charge in [-0.2, -0.15) is 5.10 Å².